The maximum Gasteiger partial charge on any atom is 0.0907 e. The maximum atomic E-state index is 4.56. The molecule has 0 aliphatic rings. The number of hydrogen-bond acceptors (Lipinski definition) is 3. The van der Waals surface area contributed by atoms with Crippen LogP contribution in [-0.4, -0.2) is 15.2 Å². The largest absolute Gasteiger partial charge is 0.278 e. The van der Waals surface area contributed by atoms with E-state index in [2.05, 4.69) is 58.5 Å². The summed E-state index contributed by atoms with van der Waals surface area (Å²) in [4.78, 5) is 4.56. The van der Waals surface area contributed by atoms with Gasteiger partial charge >= 0.3 is 0 Å². The summed E-state index contributed by atoms with van der Waals surface area (Å²) >= 11 is 1.75. The molecule has 0 fully saturated rings. The van der Waals surface area contributed by atoms with E-state index in [1.807, 2.05) is 6.20 Å². The molecule has 4 heteroatoms. The highest BCUT2D eigenvalue weighted by atomic mass is 32.1. The van der Waals surface area contributed by atoms with Gasteiger partial charge in [-0.25, -0.2) is 4.98 Å². The standard InChI is InChI=1S/C16H13N3S/c1-10-18-15-8-12(3-5-16(15)20-10)6-11-2-4-14-13(7-11)9-17-19-14/h2-5,7-9H,6H2,1H3,(H,17,19). The van der Waals surface area contributed by atoms with Gasteiger partial charge in [0.2, 0.25) is 0 Å². The molecule has 2 heterocycles. The Morgan fingerprint density at radius 3 is 2.90 bits per heavy atom. The highest BCUT2D eigenvalue weighted by Gasteiger charge is 2.04. The van der Waals surface area contributed by atoms with Crippen molar-refractivity contribution in [3.8, 4) is 0 Å². The number of fused-ring (bicyclic) bond motifs is 2. The van der Waals surface area contributed by atoms with Gasteiger partial charge in [0.1, 0.15) is 0 Å². The summed E-state index contributed by atoms with van der Waals surface area (Å²) in [5.41, 5.74) is 4.78. The Morgan fingerprint density at radius 2 is 1.95 bits per heavy atom. The van der Waals surface area contributed by atoms with Gasteiger partial charge in [0, 0.05) is 5.39 Å². The van der Waals surface area contributed by atoms with Gasteiger partial charge in [-0.1, -0.05) is 12.1 Å². The van der Waals surface area contributed by atoms with E-state index in [9.17, 15) is 0 Å². The minimum atomic E-state index is 0.924. The van der Waals surface area contributed by atoms with Crippen molar-refractivity contribution in [3.05, 3.63) is 58.7 Å². The number of nitrogens with zero attached hydrogens (tertiary/aromatic N) is 2. The third-order valence-corrected chi connectivity index (χ3v) is 4.42. The van der Waals surface area contributed by atoms with E-state index in [1.165, 1.54) is 15.8 Å². The van der Waals surface area contributed by atoms with Crippen LogP contribution in [0.15, 0.2) is 42.6 Å². The normalized spacial score (nSPS) is 11.4. The number of aryl methyl sites for hydroxylation is 1. The van der Waals surface area contributed by atoms with E-state index in [0.717, 1.165) is 27.8 Å². The van der Waals surface area contributed by atoms with Gasteiger partial charge < -0.3 is 0 Å². The lowest BCUT2D eigenvalue weighted by Crippen LogP contribution is -1.88. The van der Waals surface area contributed by atoms with Crippen LogP contribution in [-0.2, 0) is 6.42 Å². The lowest BCUT2D eigenvalue weighted by Gasteiger charge is -2.02. The minimum Gasteiger partial charge on any atom is -0.278 e. The van der Waals surface area contributed by atoms with Gasteiger partial charge in [0.25, 0.3) is 0 Å². The molecule has 98 valence electrons. The molecule has 0 bridgehead atoms. The molecule has 4 aromatic rings. The Morgan fingerprint density at radius 1 is 1.10 bits per heavy atom. The van der Waals surface area contributed by atoms with Gasteiger partial charge in [-0.3, -0.25) is 5.10 Å². The third-order valence-electron chi connectivity index (χ3n) is 3.47. The van der Waals surface area contributed by atoms with Crippen molar-refractivity contribution in [2.75, 3.05) is 0 Å². The molecule has 0 saturated carbocycles. The number of rotatable bonds is 2. The zero-order valence-corrected chi connectivity index (χ0v) is 11.9. The molecule has 1 N–H and O–H groups in total. The Labute approximate surface area is 120 Å². The molecule has 2 aromatic heterocycles. The monoisotopic (exact) mass is 279 g/mol. The van der Waals surface area contributed by atoms with Crippen LogP contribution >= 0.6 is 11.3 Å². The van der Waals surface area contributed by atoms with Crippen molar-refractivity contribution in [3.63, 3.8) is 0 Å². The molecule has 3 nitrogen and oxygen atoms in total. The van der Waals surface area contributed by atoms with Crippen molar-refractivity contribution in [1.82, 2.24) is 15.2 Å². The van der Waals surface area contributed by atoms with Crippen LogP contribution in [0.3, 0.4) is 0 Å². The van der Waals surface area contributed by atoms with Gasteiger partial charge in [0.05, 0.1) is 26.9 Å². The first-order valence-corrected chi connectivity index (χ1v) is 7.38. The van der Waals surface area contributed by atoms with Gasteiger partial charge in [0.15, 0.2) is 0 Å². The summed E-state index contributed by atoms with van der Waals surface area (Å²) in [6, 6.07) is 13.0. The molecule has 0 spiro atoms. The zero-order valence-electron chi connectivity index (χ0n) is 11.1. The number of thiazole rings is 1. The SMILES string of the molecule is Cc1nc2cc(Cc3ccc4[nH]ncc4c3)ccc2s1. The molecular weight excluding hydrogens is 266 g/mol. The van der Waals surface area contributed by atoms with Crippen LogP contribution in [0.2, 0.25) is 0 Å². The molecule has 0 aliphatic heterocycles. The zero-order chi connectivity index (χ0) is 13.5. The summed E-state index contributed by atoms with van der Waals surface area (Å²) < 4.78 is 1.26. The lowest BCUT2D eigenvalue weighted by molar-refractivity contribution is 1.12. The number of hydrogen-bond donors (Lipinski definition) is 1. The predicted octanol–water partition coefficient (Wildman–Crippen LogP) is 4.07. The Bertz CT molecular complexity index is 904. The Hall–Kier alpha value is -2.20. The van der Waals surface area contributed by atoms with Crippen molar-refractivity contribution in [2.45, 2.75) is 13.3 Å². The molecule has 0 amide bonds. The fraction of sp³-hybridized carbons (Fsp3) is 0.125. The quantitative estimate of drug-likeness (QED) is 0.601. The van der Waals surface area contributed by atoms with Crippen LogP contribution in [0.25, 0.3) is 21.1 Å². The van der Waals surface area contributed by atoms with Gasteiger partial charge in [-0.15, -0.1) is 11.3 Å². The molecule has 4 rings (SSSR count). The maximum absolute atomic E-state index is 4.56. The topological polar surface area (TPSA) is 41.6 Å². The highest BCUT2D eigenvalue weighted by Crippen LogP contribution is 2.24. The summed E-state index contributed by atoms with van der Waals surface area (Å²) in [6.45, 7) is 2.05. The Balaban J connectivity index is 1.71. The molecule has 2 aromatic carbocycles. The fourth-order valence-electron chi connectivity index (χ4n) is 2.54. The van der Waals surface area contributed by atoms with Crippen LogP contribution in [0.5, 0.6) is 0 Å². The molecule has 0 saturated heterocycles. The van der Waals surface area contributed by atoms with Gasteiger partial charge in [-0.05, 0) is 48.7 Å². The third kappa shape index (κ3) is 1.98. The van der Waals surface area contributed by atoms with Crippen LogP contribution < -0.4 is 0 Å². The van der Waals surface area contributed by atoms with Crippen molar-refractivity contribution >= 4 is 32.5 Å². The second-order valence-corrected chi connectivity index (χ2v) is 6.24. The average Bonchev–Trinajstić information content (AvgIpc) is 3.02. The first-order valence-electron chi connectivity index (χ1n) is 6.56. The van der Waals surface area contributed by atoms with E-state index in [-0.39, 0.29) is 0 Å². The fourth-order valence-corrected chi connectivity index (χ4v) is 3.34. The van der Waals surface area contributed by atoms with E-state index >= 15 is 0 Å². The van der Waals surface area contributed by atoms with E-state index < -0.39 is 0 Å². The lowest BCUT2D eigenvalue weighted by atomic mass is 10.0. The molecule has 0 radical (unpaired) electrons. The van der Waals surface area contributed by atoms with E-state index in [1.54, 1.807) is 11.3 Å². The summed E-state index contributed by atoms with van der Waals surface area (Å²) in [5.74, 6) is 0. The number of benzene rings is 2. The second-order valence-electron chi connectivity index (χ2n) is 5.00. The molecule has 20 heavy (non-hydrogen) atoms. The molecule has 0 atom stereocenters. The number of aromatic amines is 1. The molecular formula is C16H13N3S. The van der Waals surface area contributed by atoms with Crippen molar-refractivity contribution in [1.29, 1.82) is 0 Å². The highest BCUT2D eigenvalue weighted by molar-refractivity contribution is 7.18. The second kappa shape index (κ2) is 4.42. The minimum absolute atomic E-state index is 0.924. The summed E-state index contributed by atoms with van der Waals surface area (Å²) in [6.07, 6.45) is 2.79. The summed E-state index contributed by atoms with van der Waals surface area (Å²) in [7, 11) is 0. The molecule has 0 unspecified atom stereocenters. The van der Waals surface area contributed by atoms with E-state index in [0.29, 0.717) is 0 Å². The first kappa shape index (κ1) is 11.6. The predicted molar refractivity (Wildman–Crippen MR) is 83.3 cm³/mol. The number of aromatic nitrogens is 3. The first-order chi connectivity index (χ1) is 9.78. The molecule has 0 aliphatic carbocycles. The smallest absolute Gasteiger partial charge is 0.0907 e. The number of H-pyrrole nitrogens is 1. The average molecular weight is 279 g/mol. The van der Waals surface area contributed by atoms with Crippen LogP contribution in [0.1, 0.15) is 16.1 Å². The van der Waals surface area contributed by atoms with Crippen LogP contribution in [0, 0.1) is 6.92 Å². The van der Waals surface area contributed by atoms with E-state index in [4.69, 9.17) is 0 Å². The summed E-state index contributed by atoms with van der Waals surface area (Å²) in [5, 5.41) is 9.32. The van der Waals surface area contributed by atoms with Crippen molar-refractivity contribution in [2.24, 2.45) is 0 Å². The number of nitrogens with one attached hydrogen (secondary N) is 1. The Kier molecular flexibility index (Phi) is 2.57. The van der Waals surface area contributed by atoms with Crippen LogP contribution in [0.4, 0.5) is 0 Å². The van der Waals surface area contributed by atoms with Gasteiger partial charge in [-0.2, -0.15) is 5.10 Å². The van der Waals surface area contributed by atoms with Crippen molar-refractivity contribution < 1.29 is 0 Å².